The molecule has 5 heteroatoms. The van der Waals surface area contributed by atoms with Gasteiger partial charge in [-0.05, 0) is 23.8 Å². The van der Waals surface area contributed by atoms with Crippen molar-refractivity contribution < 1.29 is 5.11 Å². The Labute approximate surface area is 90.0 Å². The molecule has 0 saturated heterocycles. The van der Waals surface area contributed by atoms with E-state index in [1.165, 1.54) is 6.33 Å². The molecule has 3 aromatic rings. The fourth-order valence-electron chi connectivity index (χ4n) is 1.85. The quantitative estimate of drug-likeness (QED) is 0.626. The van der Waals surface area contributed by atoms with Gasteiger partial charge in [-0.3, -0.25) is 4.79 Å². The molecular formula is C11H9N3O2. The van der Waals surface area contributed by atoms with Gasteiger partial charge in [0.05, 0.1) is 12.1 Å². The maximum absolute atomic E-state index is 11.5. The maximum Gasteiger partial charge on any atom is 0.275 e. The summed E-state index contributed by atoms with van der Waals surface area (Å²) in [6.07, 6.45) is 1.37. The summed E-state index contributed by atoms with van der Waals surface area (Å²) in [5.41, 5.74) is 2.02. The average molecular weight is 215 g/mol. The van der Waals surface area contributed by atoms with Crippen molar-refractivity contribution in [3.05, 3.63) is 46.5 Å². The summed E-state index contributed by atoms with van der Waals surface area (Å²) in [6.45, 7) is -0.00802. The van der Waals surface area contributed by atoms with E-state index in [0.29, 0.717) is 5.52 Å². The van der Waals surface area contributed by atoms with Crippen LogP contribution in [-0.4, -0.2) is 19.7 Å². The highest BCUT2D eigenvalue weighted by atomic mass is 16.3. The molecule has 0 aliphatic carbocycles. The lowest BCUT2D eigenvalue weighted by Crippen LogP contribution is -2.09. The van der Waals surface area contributed by atoms with Gasteiger partial charge in [-0.25, -0.2) is 4.52 Å². The molecule has 2 heterocycles. The molecule has 0 bridgehead atoms. The Hall–Kier alpha value is -2.14. The number of hydrogen-bond acceptors (Lipinski definition) is 3. The number of benzene rings is 1. The molecular weight excluding hydrogens is 206 g/mol. The van der Waals surface area contributed by atoms with Crippen molar-refractivity contribution in [3.8, 4) is 0 Å². The van der Waals surface area contributed by atoms with Crippen molar-refractivity contribution in [1.82, 2.24) is 14.6 Å². The van der Waals surface area contributed by atoms with E-state index in [9.17, 15) is 4.79 Å². The normalized spacial score (nSPS) is 11.3. The Morgan fingerprint density at radius 3 is 3.00 bits per heavy atom. The topological polar surface area (TPSA) is 70.4 Å². The minimum Gasteiger partial charge on any atom is -0.392 e. The van der Waals surface area contributed by atoms with Crippen molar-refractivity contribution in [1.29, 1.82) is 0 Å². The third-order valence-electron chi connectivity index (χ3n) is 2.62. The van der Waals surface area contributed by atoms with Crippen LogP contribution < -0.4 is 5.56 Å². The van der Waals surface area contributed by atoms with E-state index in [4.69, 9.17) is 5.11 Å². The van der Waals surface area contributed by atoms with E-state index in [1.54, 1.807) is 10.6 Å². The molecule has 5 nitrogen and oxygen atoms in total. The predicted molar refractivity (Wildman–Crippen MR) is 59.2 cm³/mol. The predicted octanol–water partition coefficient (Wildman–Crippen LogP) is 0.668. The molecule has 0 fully saturated rings. The Balaban J connectivity index is 2.50. The molecule has 0 saturated carbocycles. The zero-order valence-electron chi connectivity index (χ0n) is 8.34. The third kappa shape index (κ3) is 1.15. The summed E-state index contributed by atoms with van der Waals surface area (Å²) < 4.78 is 1.59. The molecule has 0 atom stereocenters. The summed E-state index contributed by atoms with van der Waals surface area (Å²) in [5.74, 6) is 0. The van der Waals surface area contributed by atoms with Crippen LogP contribution in [0.2, 0.25) is 0 Å². The molecule has 0 amide bonds. The number of hydrogen-bond donors (Lipinski definition) is 2. The fourth-order valence-corrected chi connectivity index (χ4v) is 1.85. The average Bonchev–Trinajstić information content (AvgIpc) is 2.68. The number of nitrogens with one attached hydrogen (secondary N) is 1. The zero-order valence-corrected chi connectivity index (χ0v) is 8.34. The van der Waals surface area contributed by atoms with Gasteiger partial charge in [-0.15, -0.1) is 0 Å². The number of aromatic amines is 1. The second-order valence-electron chi connectivity index (χ2n) is 3.61. The van der Waals surface area contributed by atoms with Crippen LogP contribution in [0.3, 0.4) is 0 Å². The van der Waals surface area contributed by atoms with E-state index < -0.39 is 0 Å². The van der Waals surface area contributed by atoms with Crippen molar-refractivity contribution in [2.24, 2.45) is 0 Å². The molecule has 1 aromatic carbocycles. The summed E-state index contributed by atoms with van der Waals surface area (Å²) in [4.78, 5) is 14.1. The van der Waals surface area contributed by atoms with E-state index >= 15 is 0 Å². The van der Waals surface area contributed by atoms with E-state index in [1.807, 2.05) is 18.2 Å². The molecule has 3 rings (SSSR count). The first-order chi connectivity index (χ1) is 7.79. The van der Waals surface area contributed by atoms with Crippen LogP contribution in [0.15, 0.2) is 35.4 Å². The zero-order chi connectivity index (χ0) is 11.1. The highest BCUT2D eigenvalue weighted by Gasteiger charge is 2.06. The smallest absolute Gasteiger partial charge is 0.275 e. The van der Waals surface area contributed by atoms with Gasteiger partial charge in [0, 0.05) is 5.39 Å². The van der Waals surface area contributed by atoms with Gasteiger partial charge >= 0.3 is 0 Å². The molecule has 2 aromatic heterocycles. The lowest BCUT2D eigenvalue weighted by molar-refractivity contribution is 0.282. The van der Waals surface area contributed by atoms with Gasteiger partial charge < -0.3 is 10.1 Å². The molecule has 2 N–H and O–H groups in total. The van der Waals surface area contributed by atoms with Crippen LogP contribution in [0, 0.1) is 0 Å². The van der Waals surface area contributed by atoms with Gasteiger partial charge in [-0.2, -0.15) is 5.10 Å². The van der Waals surface area contributed by atoms with Crippen LogP contribution in [0.4, 0.5) is 0 Å². The molecule has 0 spiro atoms. The lowest BCUT2D eigenvalue weighted by atomic mass is 10.2. The minimum atomic E-state index is -0.170. The van der Waals surface area contributed by atoms with Crippen LogP contribution in [-0.2, 0) is 6.61 Å². The van der Waals surface area contributed by atoms with E-state index in [2.05, 4.69) is 10.1 Å². The Morgan fingerprint density at radius 1 is 1.31 bits per heavy atom. The van der Waals surface area contributed by atoms with Gasteiger partial charge in [0.15, 0.2) is 0 Å². The third-order valence-corrected chi connectivity index (χ3v) is 2.62. The van der Waals surface area contributed by atoms with Gasteiger partial charge in [0.2, 0.25) is 0 Å². The van der Waals surface area contributed by atoms with Crippen molar-refractivity contribution in [2.75, 3.05) is 0 Å². The molecule has 16 heavy (non-hydrogen) atoms. The first kappa shape index (κ1) is 9.11. The number of H-pyrrole nitrogens is 1. The van der Waals surface area contributed by atoms with Crippen molar-refractivity contribution >= 4 is 16.4 Å². The fraction of sp³-hybridized carbons (Fsp3) is 0.0909. The van der Waals surface area contributed by atoms with Crippen LogP contribution >= 0.6 is 0 Å². The molecule has 0 aliphatic rings. The Morgan fingerprint density at radius 2 is 2.19 bits per heavy atom. The van der Waals surface area contributed by atoms with Crippen LogP contribution in [0.5, 0.6) is 0 Å². The second-order valence-corrected chi connectivity index (χ2v) is 3.61. The molecule has 80 valence electrons. The van der Waals surface area contributed by atoms with Crippen molar-refractivity contribution in [3.63, 3.8) is 0 Å². The highest BCUT2D eigenvalue weighted by Crippen LogP contribution is 2.18. The van der Waals surface area contributed by atoms with E-state index in [-0.39, 0.29) is 12.2 Å². The lowest BCUT2D eigenvalue weighted by Gasteiger charge is -1.96. The highest BCUT2D eigenvalue weighted by molar-refractivity contribution is 5.86. The number of fused-ring (bicyclic) bond motifs is 3. The number of rotatable bonds is 1. The summed E-state index contributed by atoms with van der Waals surface area (Å²) in [5, 5.41) is 14.0. The Kier molecular flexibility index (Phi) is 1.81. The minimum absolute atomic E-state index is 0.00802. The largest absolute Gasteiger partial charge is 0.392 e. The standard InChI is InChI=1S/C11H9N3O2/c15-5-7-1-2-9-8(3-7)4-10-11(16)12-6-13-14(9)10/h1-4,6,15H,5H2,(H,12,13,16). The molecule has 0 radical (unpaired) electrons. The summed E-state index contributed by atoms with van der Waals surface area (Å²) in [6, 6.07) is 7.28. The SMILES string of the molecule is O=c1[nH]cnn2c1cc1cc(CO)ccc12. The van der Waals surface area contributed by atoms with E-state index in [0.717, 1.165) is 16.5 Å². The number of nitrogens with zero attached hydrogens (tertiary/aromatic N) is 2. The monoisotopic (exact) mass is 215 g/mol. The number of aliphatic hydroxyl groups excluding tert-OH is 1. The van der Waals surface area contributed by atoms with Gasteiger partial charge in [0.1, 0.15) is 11.8 Å². The summed E-state index contributed by atoms with van der Waals surface area (Å²) in [7, 11) is 0. The number of aliphatic hydroxyl groups is 1. The van der Waals surface area contributed by atoms with Gasteiger partial charge in [-0.1, -0.05) is 6.07 Å². The maximum atomic E-state index is 11.5. The molecule has 0 aliphatic heterocycles. The van der Waals surface area contributed by atoms with Gasteiger partial charge in [0.25, 0.3) is 5.56 Å². The van der Waals surface area contributed by atoms with Crippen molar-refractivity contribution in [2.45, 2.75) is 6.61 Å². The first-order valence-electron chi connectivity index (χ1n) is 4.88. The number of aromatic nitrogens is 3. The second kappa shape index (κ2) is 3.18. The van der Waals surface area contributed by atoms with Crippen LogP contribution in [0.25, 0.3) is 16.4 Å². The van der Waals surface area contributed by atoms with Crippen LogP contribution in [0.1, 0.15) is 5.56 Å². The Bertz CT molecular complexity index is 727. The molecule has 0 unspecified atom stereocenters. The summed E-state index contributed by atoms with van der Waals surface area (Å²) >= 11 is 0. The first-order valence-corrected chi connectivity index (χ1v) is 4.88.